The monoisotopic (exact) mass is 373 g/mol. The molecule has 1 saturated heterocycles. The molecule has 0 saturated carbocycles. The van der Waals surface area contributed by atoms with Crippen molar-refractivity contribution in [2.45, 2.75) is 6.92 Å². The number of carbonyl (C=O) groups is 1. The van der Waals surface area contributed by atoms with Gasteiger partial charge in [-0.3, -0.25) is 0 Å². The number of amides is 2. The summed E-state index contributed by atoms with van der Waals surface area (Å²) in [5.41, 5.74) is 3.02. The molecule has 136 valence electrons. The van der Waals surface area contributed by atoms with Crippen LogP contribution < -0.4 is 19.7 Å². The lowest BCUT2D eigenvalue weighted by Gasteiger charge is -2.36. The molecule has 0 aliphatic carbocycles. The van der Waals surface area contributed by atoms with E-state index in [0.717, 1.165) is 23.8 Å². The van der Waals surface area contributed by atoms with Gasteiger partial charge in [0.1, 0.15) is 0 Å². The topological polar surface area (TPSA) is 54.0 Å². The maximum absolute atomic E-state index is 12.5. The van der Waals surface area contributed by atoms with Crippen LogP contribution in [0.1, 0.15) is 5.56 Å². The lowest BCUT2D eigenvalue weighted by molar-refractivity contribution is 0.174. The van der Waals surface area contributed by atoms with Crippen LogP contribution in [0.15, 0.2) is 36.4 Å². The fraction of sp³-hybridized carbons (Fsp3) is 0.316. The number of benzene rings is 2. The molecule has 4 rings (SSSR count). The Morgan fingerprint density at radius 2 is 1.81 bits per heavy atom. The van der Waals surface area contributed by atoms with Crippen LogP contribution in [0.3, 0.4) is 0 Å². The van der Waals surface area contributed by atoms with Gasteiger partial charge < -0.3 is 24.6 Å². The Bertz CT molecular complexity index is 835. The quantitative estimate of drug-likeness (QED) is 0.871. The third kappa shape index (κ3) is 3.37. The van der Waals surface area contributed by atoms with Crippen LogP contribution in [0.4, 0.5) is 16.2 Å². The largest absolute Gasteiger partial charge is 0.454 e. The zero-order valence-electron chi connectivity index (χ0n) is 14.5. The number of carbonyl (C=O) groups excluding carboxylic acids is 1. The van der Waals surface area contributed by atoms with Crippen LogP contribution in [-0.4, -0.2) is 43.9 Å². The summed E-state index contributed by atoms with van der Waals surface area (Å²) in [4.78, 5) is 16.6. The average molecular weight is 374 g/mol. The van der Waals surface area contributed by atoms with Gasteiger partial charge >= 0.3 is 6.03 Å². The van der Waals surface area contributed by atoms with Gasteiger partial charge in [-0.15, -0.1) is 0 Å². The summed E-state index contributed by atoms with van der Waals surface area (Å²) in [6, 6.07) is 11.2. The summed E-state index contributed by atoms with van der Waals surface area (Å²) in [5, 5.41) is 3.66. The van der Waals surface area contributed by atoms with Crippen molar-refractivity contribution in [3.8, 4) is 11.5 Å². The molecule has 0 unspecified atom stereocenters. The normalized spacial score (nSPS) is 15.9. The Morgan fingerprint density at radius 3 is 2.62 bits per heavy atom. The predicted octanol–water partition coefficient (Wildman–Crippen LogP) is 3.73. The highest BCUT2D eigenvalue weighted by Gasteiger charge is 2.23. The SMILES string of the molecule is Cc1ccc(Cl)cc1N1CCN(C(=O)Nc2ccc3c(c2)OCO3)CC1. The molecular formula is C19H20ClN3O3. The molecule has 0 radical (unpaired) electrons. The number of anilines is 2. The van der Waals surface area contributed by atoms with Crippen molar-refractivity contribution in [2.75, 3.05) is 43.2 Å². The van der Waals surface area contributed by atoms with E-state index in [2.05, 4.69) is 17.1 Å². The number of ether oxygens (including phenoxy) is 2. The molecule has 2 heterocycles. The summed E-state index contributed by atoms with van der Waals surface area (Å²) in [6.07, 6.45) is 0. The van der Waals surface area contributed by atoms with Gasteiger partial charge in [0, 0.05) is 48.6 Å². The van der Waals surface area contributed by atoms with Gasteiger partial charge in [0.2, 0.25) is 6.79 Å². The molecule has 0 spiro atoms. The van der Waals surface area contributed by atoms with E-state index in [1.807, 2.05) is 29.2 Å². The number of hydrogen-bond acceptors (Lipinski definition) is 4. The molecule has 0 bridgehead atoms. The van der Waals surface area contributed by atoms with Gasteiger partial charge in [-0.05, 0) is 36.8 Å². The highest BCUT2D eigenvalue weighted by molar-refractivity contribution is 6.30. The molecule has 1 N–H and O–H groups in total. The maximum Gasteiger partial charge on any atom is 0.321 e. The van der Waals surface area contributed by atoms with Crippen molar-refractivity contribution >= 4 is 29.0 Å². The van der Waals surface area contributed by atoms with Crippen LogP contribution >= 0.6 is 11.6 Å². The number of fused-ring (bicyclic) bond motifs is 1. The maximum atomic E-state index is 12.5. The fourth-order valence-corrected chi connectivity index (χ4v) is 3.42. The minimum Gasteiger partial charge on any atom is -0.454 e. The van der Waals surface area contributed by atoms with Gasteiger partial charge in [-0.1, -0.05) is 17.7 Å². The second kappa shape index (κ2) is 6.96. The Kier molecular flexibility index (Phi) is 4.51. The first kappa shape index (κ1) is 16.8. The number of urea groups is 1. The number of halogens is 1. The zero-order chi connectivity index (χ0) is 18.1. The second-order valence-electron chi connectivity index (χ2n) is 6.40. The molecule has 2 aromatic carbocycles. The molecule has 6 nitrogen and oxygen atoms in total. The molecule has 0 aromatic heterocycles. The minimum atomic E-state index is -0.105. The third-order valence-corrected chi connectivity index (χ3v) is 4.94. The molecule has 2 amide bonds. The molecule has 2 aliphatic rings. The highest BCUT2D eigenvalue weighted by Crippen LogP contribution is 2.34. The summed E-state index contributed by atoms with van der Waals surface area (Å²) < 4.78 is 10.6. The summed E-state index contributed by atoms with van der Waals surface area (Å²) in [5.74, 6) is 1.36. The fourth-order valence-electron chi connectivity index (χ4n) is 3.25. The van der Waals surface area contributed by atoms with E-state index in [-0.39, 0.29) is 12.8 Å². The van der Waals surface area contributed by atoms with Crippen molar-refractivity contribution < 1.29 is 14.3 Å². The first-order chi connectivity index (χ1) is 12.6. The Morgan fingerprint density at radius 1 is 1.04 bits per heavy atom. The molecule has 2 aromatic rings. The van der Waals surface area contributed by atoms with E-state index in [0.29, 0.717) is 30.3 Å². The number of rotatable bonds is 2. The Balaban J connectivity index is 1.37. The number of nitrogens with one attached hydrogen (secondary N) is 1. The van der Waals surface area contributed by atoms with E-state index in [1.54, 1.807) is 12.1 Å². The second-order valence-corrected chi connectivity index (χ2v) is 6.84. The number of aryl methyl sites for hydroxylation is 1. The lowest BCUT2D eigenvalue weighted by Crippen LogP contribution is -2.50. The average Bonchev–Trinajstić information content (AvgIpc) is 3.11. The molecular weight excluding hydrogens is 354 g/mol. The lowest BCUT2D eigenvalue weighted by atomic mass is 10.1. The highest BCUT2D eigenvalue weighted by atomic mass is 35.5. The van der Waals surface area contributed by atoms with Gasteiger partial charge in [0.05, 0.1) is 0 Å². The standard InChI is InChI=1S/C19H20ClN3O3/c1-13-2-3-14(20)10-16(13)22-6-8-23(9-7-22)19(24)21-15-4-5-17-18(11-15)26-12-25-17/h2-5,10-11H,6-9,12H2,1H3,(H,21,24). The Labute approximate surface area is 157 Å². The predicted molar refractivity (Wildman–Crippen MR) is 102 cm³/mol. The van der Waals surface area contributed by atoms with E-state index in [1.165, 1.54) is 5.56 Å². The van der Waals surface area contributed by atoms with Crippen LogP contribution in [-0.2, 0) is 0 Å². The minimum absolute atomic E-state index is 0.105. The molecule has 1 fully saturated rings. The van der Waals surface area contributed by atoms with Gasteiger partial charge in [0.15, 0.2) is 11.5 Å². The molecule has 0 atom stereocenters. The Hall–Kier alpha value is -2.60. The van der Waals surface area contributed by atoms with Gasteiger partial charge in [-0.25, -0.2) is 4.79 Å². The van der Waals surface area contributed by atoms with Crippen LogP contribution in [0.5, 0.6) is 11.5 Å². The van der Waals surface area contributed by atoms with E-state index in [9.17, 15) is 4.79 Å². The van der Waals surface area contributed by atoms with Gasteiger partial charge in [0.25, 0.3) is 0 Å². The first-order valence-electron chi connectivity index (χ1n) is 8.57. The van der Waals surface area contributed by atoms with E-state index >= 15 is 0 Å². The van der Waals surface area contributed by atoms with Crippen molar-refractivity contribution in [1.82, 2.24) is 4.90 Å². The smallest absolute Gasteiger partial charge is 0.321 e. The van der Waals surface area contributed by atoms with Crippen molar-refractivity contribution in [1.29, 1.82) is 0 Å². The summed E-state index contributed by atoms with van der Waals surface area (Å²) in [6.45, 7) is 5.15. The van der Waals surface area contributed by atoms with Crippen molar-refractivity contribution in [3.63, 3.8) is 0 Å². The summed E-state index contributed by atoms with van der Waals surface area (Å²) in [7, 11) is 0. The van der Waals surface area contributed by atoms with Crippen LogP contribution in [0.2, 0.25) is 5.02 Å². The number of nitrogens with zero attached hydrogens (tertiary/aromatic N) is 2. The molecule has 2 aliphatic heterocycles. The zero-order valence-corrected chi connectivity index (χ0v) is 15.3. The van der Waals surface area contributed by atoms with E-state index < -0.39 is 0 Å². The summed E-state index contributed by atoms with van der Waals surface area (Å²) >= 11 is 6.13. The van der Waals surface area contributed by atoms with E-state index in [4.69, 9.17) is 21.1 Å². The van der Waals surface area contributed by atoms with Gasteiger partial charge in [-0.2, -0.15) is 0 Å². The van der Waals surface area contributed by atoms with Crippen molar-refractivity contribution in [3.05, 3.63) is 47.0 Å². The third-order valence-electron chi connectivity index (χ3n) is 4.70. The number of hydrogen-bond donors (Lipinski definition) is 1. The first-order valence-corrected chi connectivity index (χ1v) is 8.94. The molecule has 26 heavy (non-hydrogen) atoms. The molecule has 7 heteroatoms. The van der Waals surface area contributed by atoms with Crippen LogP contribution in [0.25, 0.3) is 0 Å². The number of piperazine rings is 1. The van der Waals surface area contributed by atoms with Crippen LogP contribution in [0, 0.1) is 6.92 Å². The van der Waals surface area contributed by atoms with Crippen molar-refractivity contribution in [2.24, 2.45) is 0 Å².